The minimum Gasteiger partial charge on any atom is -0.269 e. The number of allylic oxidation sites excluding steroid dienone is 1. The van der Waals surface area contributed by atoms with E-state index in [1.54, 1.807) is 5.01 Å². The van der Waals surface area contributed by atoms with E-state index in [2.05, 4.69) is 32.9 Å². The zero-order valence-corrected chi connectivity index (χ0v) is 8.75. The third-order valence-electron chi connectivity index (χ3n) is 2.37. The van der Waals surface area contributed by atoms with E-state index < -0.39 is 0 Å². The lowest BCUT2D eigenvalue weighted by Crippen LogP contribution is -2.25. The number of nitrogens with two attached hydrogens (primary N) is 1. The van der Waals surface area contributed by atoms with Gasteiger partial charge in [0, 0.05) is 13.6 Å². The van der Waals surface area contributed by atoms with E-state index in [-0.39, 0.29) is 0 Å². The summed E-state index contributed by atoms with van der Waals surface area (Å²) in [6.45, 7) is 7.59. The van der Waals surface area contributed by atoms with Crippen molar-refractivity contribution in [2.24, 2.45) is 17.7 Å². The van der Waals surface area contributed by atoms with Crippen LogP contribution in [0.3, 0.4) is 0 Å². The van der Waals surface area contributed by atoms with Gasteiger partial charge in [0.05, 0.1) is 0 Å². The van der Waals surface area contributed by atoms with E-state index in [0.717, 1.165) is 12.5 Å². The SMILES string of the molecule is CCC(C)C(C)C=CCN(C)N. The van der Waals surface area contributed by atoms with Gasteiger partial charge in [0.25, 0.3) is 0 Å². The molecular weight excluding hydrogens is 148 g/mol. The molecule has 2 heteroatoms. The lowest BCUT2D eigenvalue weighted by molar-refractivity contribution is 0.386. The molecule has 2 unspecified atom stereocenters. The summed E-state index contributed by atoms with van der Waals surface area (Å²) in [5.74, 6) is 6.90. The quantitative estimate of drug-likeness (QED) is 0.388. The summed E-state index contributed by atoms with van der Waals surface area (Å²) >= 11 is 0. The molecular formula is C10H22N2. The summed E-state index contributed by atoms with van der Waals surface area (Å²) in [4.78, 5) is 0. The zero-order valence-electron chi connectivity index (χ0n) is 8.75. The maximum atomic E-state index is 5.47. The van der Waals surface area contributed by atoms with Crippen LogP contribution in [0.2, 0.25) is 0 Å². The van der Waals surface area contributed by atoms with Crippen molar-refractivity contribution in [1.29, 1.82) is 0 Å². The summed E-state index contributed by atoms with van der Waals surface area (Å²) in [6.07, 6.45) is 5.62. The fourth-order valence-electron chi connectivity index (χ4n) is 1.00. The Morgan fingerprint density at radius 1 is 1.42 bits per heavy atom. The normalized spacial score (nSPS) is 17.2. The molecule has 0 aliphatic carbocycles. The van der Waals surface area contributed by atoms with Crippen molar-refractivity contribution in [2.45, 2.75) is 27.2 Å². The Hall–Kier alpha value is -0.340. The Morgan fingerprint density at radius 3 is 2.42 bits per heavy atom. The average molecular weight is 170 g/mol. The van der Waals surface area contributed by atoms with Crippen LogP contribution in [-0.2, 0) is 0 Å². The minimum absolute atomic E-state index is 0.662. The summed E-state index contributed by atoms with van der Waals surface area (Å²) in [7, 11) is 1.87. The highest BCUT2D eigenvalue weighted by Crippen LogP contribution is 2.15. The summed E-state index contributed by atoms with van der Waals surface area (Å²) < 4.78 is 0. The van der Waals surface area contributed by atoms with E-state index in [9.17, 15) is 0 Å². The smallest absolute Gasteiger partial charge is 0.0306 e. The first-order valence-electron chi connectivity index (χ1n) is 4.70. The van der Waals surface area contributed by atoms with Crippen LogP contribution in [0, 0.1) is 11.8 Å². The molecule has 12 heavy (non-hydrogen) atoms. The van der Waals surface area contributed by atoms with Crippen LogP contribution in [0.5, 0.6) is 0 Å². The topological polar surface area (TPSA) is 29.3 Å². The zero-order chi connectivity index (χ0) is 9.56. The van der Waals surface area contributed by atoms with Gasteiger partial charge in [-0.1, -0.05) is 39.3 Å². The van der Waals surface area contributed by atoms with Crippen LogP contribution in [-0.4, -0.2) is 18.6 Å². The van der Waals surface area contributed by atoms with E-state index in [4.69, 9.17) is 5.84 Å². The van der Waals surface area contributed by atoms with Crippen LogP contribution in [0.25, 0.3) is 0 Å². The second-order valence-corrected chi connectivity index (χ2v) is 3.61. The predicted octanol–water partition coefficient (Wildman–Crippen LogP) is 2.03. The number of rotatable bonds is 5. The first kappa shape index (κ1) is 11.7. The number of likely N-dealkylation sites (N-methyl/N-ethyl adjacent to an activating group) is 1. The van der Waals surface area contributed by atoms with E-state index in [1.807, 2.05) is 7.05 Å². The molecule has 0 bridgehead atoms. The molecule has 0 aromatic heterocycles. The number of hydrogen-bond donors (Lipinski definition) is 1. The van der Waals surface area contributed by atoms with Gasteiger partial charge in [0.2, 0.25) is 0 Å². The first-order valence-corrected chi connectivity index (χ1v) is 4.70. The fourth-order valence-corrected chi connectivity index (χ4v) is 1.00. The van der Waals surface area contributed by atoms with Crippen LogP contribution < -0.4 is 5.84 Å². The van der Waals surface area contributed by atoms with E-state index >= 15 is 0 Å². The molecule has 0 radical (unpaired) electrons. The molecule has 2 N–H and O–H groups in total. The second-order valence-electron chi connectivity index (χ2n) is 3.61. The fraction of sp³-hybridized carbons (Fsp3) is 0.800. The summed E-state index contributed by atoms with van der Waals surface area (Å²) in [5, 5.41) is 1.68. The molecule has 72 valence electrons. The van der Waals surface area contributed by atoms with Crippen LogP contribution in [0.15, 0.2) is 12.2 Å². The van der Waals surface area contributed by atoms with Gasteiger partial charge in [-0.25, -0.2) is 5.01 Å². The third kappa shape index (κ3) is 5.33. The highest BCUT2D eigenvalue weighted by atomic mass is 15.4. The van der Waals surface area contributed by atoms with Crippen molar-refractivity contribution in [3.8, 4) is 0 Å². The maximum absolute atomic E-state index is 5.47. The van der Waals surface area contributed by atoms with Crippen molar-refractivity contribution in [1.82, 2.24) is 5.01 Å². The molecule has 0 saturated heterocycles. The molecule has 0 aliphatic rings. The number of hydrogen-bond acceptors (Lipinski definition) is 2. The van der Waals surface area contributed by atoms with Crippen LogP contribution in [0.1, 0.15) is 27.2 Å². The molecule has 0 aliphatic heterocycles. The molecule has 0 spiro atoms. The number of hydrazine groups is 1. The maximum Gasteiger partial charge on any atom is 0.0306 e. The highest BCUT2D eigenvalue weighted by Gasteiger charge is 2.05. The van der Waals surface area contributed by atoms with Gasteiger partial charge in [-0.15, -0.1) is 0 Å². The largest absolute Gasteiger partial charge is 0.269 e. The van der Waals surface area contributed by atoms with Crippen molar-refractivity contribution in [3.05, 3.63) is 12.2 Å². The lowest BCUT2D eigenvalue weighted by Gasteiger charge is -2.14. The Balaban J connectivity index is 3.67. The lowest BCUT2D eigenvalue weighted by atomic mass is 9.93. The molecule has 0 saturated carbocycles. The Morgan fingerprint density at radius 2 is 2.00 bits per heavy atom. The van der Waals surface area contributed by atoms with Crippen LogP contribution >= 0.6 is 0 Å². The Kier molecular flexibility index (Phi) is 6.03. The molecule has 0 aromatic carbocycles. The molecule has 2 atom stereocenters. The summed E-state index contributed by atoms with van der Waals surface area (Å²) in [5.41, 5.74) is 0. The standard InChI is InChI=1S/C10H22N2/c1-5-9(2)10(3)7-6-8-12(4)11/h6-7,9-10H,5,8,11H2,1-4H3. The molecule has 0 fully saturated rings. The first-order chi connectivity index (χ1) is 5.57. The van der Waals surface area contributed by atoms with Gasteiger partial charge in [0.15, 0.2) is 0 Å². The van der Waals surface area contributed by atoms with Gasteiger partial charge in [-0.2, -0.15) is 0 Å². The predicted molar refractivity (Wildman–Crippen MR) is 54.6 cm³/mol. The van der Waals surface area contributed by atoms with Crippen molar-refractivity contribution < 1.29 is 0 Å². The van der Waals surface area contributed by atoms with Crippen molar-refractivity contribution in [3.63, 3.8) is 0 Å². The molecule has 0 rings (SSSR count). The summed E-state index contributed by atoms with van der Waals surface area (Å²) in [6, 6.07) is 0. The monoisotopic (exact) mass is 170 g/mol. The van der Waals surface area contributed by atoms with Crippen LogP contribution in [0.4, 0.5) is 0 Å². The van der Waals surface area contributed by atoms with Crippen molar-refractivity contribution in [2.75, 3.05) is 13.6 Å². The highest BCUT2D eigenvalue weighted by molar-refractivity contribution is 4.89. The van der Waals surface area contributed by atoms with Gasteiger partial charge < -0.3 is 0 Å². The average Bonchev–Trinajstić information content (AvgIpc) is 2.02. The van der Waals surface area contributed by atoms with E-state index in [0.29, 0.717) is 5.92 Å². The molecule has 0 heterocycles. The van der Waals surface area contributed by atoms with Gasteiger partial charge in [-0.05, 0) is 11.8 Å². The second kappa shape index (κ2) is 6.21. The Labute approximate surface area is 76.4 Å². The Bertz CT molecular complexity index is 130. The number of nitrogens with zero attached hydrogens (tertiary/aromatic N) is 1. The van der Waals surface area contributed by atoms with Gasteiger partial charge >= 0.3 is 0 Å². The van der Waals surface area contributed by atoms with E-state index in [1.165, 1.54) is 6.42 Å². The minimum atomic E-state index is 0.662. The van der Waals surface area contributed by atoms with Gasteiger partial charge in [0.1, 0.15) is 0 Å². The van der Waals surface area contributed by atoms with Gasteiger partial charge in [-0.3, -0.25) is 5.84 Å². The molecule has 2 nitrogen and oxygen atoms in total. The van der Waals surface area contributed by atoms with Crippen molar-refractivity contribution >= 4 is 0 Å². The molecule has 0 aromatic rings. The third-order valence-corrected chi connectivity index (χ3v) is 2.37. The molecule has 0 amide bonds.